The molecule has 0 aliphatic rings. The van der Waals surface area contributed by atoms with E-state index in [1.54, 1.807) is 18.2 Å². The first-order valence-corrected chi connectivity index (χ1v) is 3.32. The highest BCUT2D eigenvalue weighted by atomic mass is 35.5. The van der Waals surface area contributed by atoms with Crippen LogP contribution in [0.25, 0.3) is 0 Å². The molecular weight excluding hydrogens is 162 g/mol. The van der Waals surface area contributed by atoms with Gasteiger partial charge in [-0.05, 0) is 12.1 Å². The fraction of sp³-hybridized carbons (Fsp3) is 0. The van der Waals surface area contributed by atoms with E-state index < -0.39 is 5.43 Å². The summed E-state index contributed by atoms with van der Waals surface area (Å²) in [5.74, 6) is 0. The highest BCUT2D eigenvalue weighted by Crippen LogP contribution is 1.99. The topological polar surface area (TPSA) is 40.9 Å². The minimum Gasteiger partial charge on any atom is -0.287 e. The molecule has 0 aliphatic heterocycles. The lowest BCUT2D eigenvalue weighted by molar-refractivity contribution is 1.47. The first-order valence-electron chi connectivity index (χ1n) is 2.94. The fourth-order valence-electron chi connectivity index (χ4n) is 0.660. The normalized spacial score (nSPS) is 8.73. The van der Waals surface area contributed by atoms with Gasteiger partial charge < -0.3 is 0 Å². The van der Waals surface area contributed by atoms with Crippen molar-refractivity contribution in [2.24, 2.45) is 0 Å². The minimum atomic E-state index is -0.417. The summed E-state index contributed by atoms with van der Waals surface area (Å²) in [4.78, 5) is 11.0. The van der Waals surface area contributed by atoms with Crippen molar-refractivity contribution in [1.29, 1.82) is 5.26 Å². The smallest absolute Gasteiger partial charge is 0.214 e. The van der Waals surface area contributed by atoms with Crippen molar-refractivity contribution in [2.75, 3.05) is 0 Å². The van der Waals surface area contributed by atoms with Crippen LogP contribution >= 0.6 is 11.6 Å². The van der Waals surface area contributed by atoms with Crippen molar-refractivity contribution in [1.82, 2.24) is 0 Å². The van der Waals surface area contributed by atoms with E-state index in [1.165, 1.54) is 12.1 Å². The largest absolute Gasteiger partial charge is 0.287 e. The molecule has 0 saturated heterocycles. The monoisotopic (exact) mass is 165 g/mol. The second-order valence-corrected chi connectivity index (χ2v) is 2.33. The predicted octanol–water partition coefficient (Wildman–Crippen LogP) is 1.57. The summed E-state index contributed by atoms with van der Waals surface area (Å²) < 4.78 is 0. The van der Waals surface area contributed by atoms with E-state index in [0.29, 0.717) is 0 Å². The van der Waals surface area contributed by atoms with Gasteiger partial charge in [-0.3, -0.25) is 4.79 Å². The highest BCUT2D eigenvalue weighted by Gasteiger charge is 1.97. The number of nitriles is 1. The third-order valence-electron chi connectivity index (χ3n) is 1.20. The van der Waals surface area contributed by atoms with Gasteiger partial charge in [0.1, 0.15) is 11.6 Å². The van der Waals surface area contributed by atoms with Gasteiger partial charge >= 0.3 is 0 Å². The highest BCUT2D eigenvalue weighted by molar-refractivity contribution is 6.30. The standard InChI is InChI=1S/C8H4ClNO/c9-7-4-2-1-3-6(5-10)8(7)11/h1-4H. The first kappa shape index (κ1) is 7.77. The van der Waals surface area contributed by atoms with E-state index in [0.717, 1.165) is 0 Å². The minimum absolute atomic E-state index is 0.0694. The van der Waals surface area contributed by atoms with Gasteiger partial charge in [-0.25, -0.2) is 0 Å². The fourth-order valence-corrected chi connectivity index (χ4v) is 0.834. The third-order valence-corrected chi connectivity index (χ3v) is 1.50. The Bertz CT molecular complexity index is 367. The molecule has 0 radical (unpaired) electrons. The lowest BCUT2D eigenvalue weighted by Crippen LogP contribution is -2.01. The first-order chi connectivity index (χ1) is 5.25. The van der Waals surface area contributed by atoms with E-state index in [9.17, 15) is 4.79 Å². The zero-order chi connectivity index (χ0) is 8.27. The molecule has 0 amide bonds. The van der Waals surface area contributed by atoms with Crippen molar-refractivity contribution in [3.05, 3.63) is 45.1 Å². The maximum Gasteiger partial charge on any atom is 0.214 e. The average Bonchev–Trinajstić information content (AvgIpc) is 2.16. The second kappa shape index (κ2) is 3.18. The van der Waals surface area contributed by atoms with Crippen molar-refractivity contribution in [2.45, 2.75) is 0 Å². The molecule has 2 nitrogen and oxygen atoms in total. The van der Waals surface area contributed by atoms with Gasteiger partial charge in [-0.15, -0.1) is 0 Å². The Morgan fingerprint density at radius 3 is 2.64 bits per heavy atom. The Morgan fingerprint density at radius 2 is 2.00 bits per heavy atom. The lowest BCUT2D eigenvalue weighted by Gasteiger charge is -1.77. The van der Waals surface area contributed by atoms with Crippen LogP contribution in [0.5, 0.6) is 0 Å². The van der Waals surface area contributed by atoms with Crippen molar-refractivity contribution in [3.63, 3.8) is 0 Å². The van der Waals surface area contributed by atoms with Crippen LogP contribution in [-0.4, -0.2) is 0 Å². The molecular formula is C8H4ClNO. The summed E-state index contributed by atoms with van der Waals surface area (Å²) in [6.07, 6.45) is 0. The molecule has 0 saturated carbocycles. The van der Waals surface area contributed by atoms with Crippen LogP contribution in [-0.2, 0) is 0 Å². The Morgan fingerprint density at radius 1 is 1.36 bits per heavy atom. The lowest BCUT2D eigenvalue weighted by atomic mass is 10.3. The molecule has 0 unspecified atom stereocenters. The number of hydrogen-bond acceptors (Lipinski definition) is 2. The van der Waals surface area contributed by atoms with E-state index in [1.807, 2.05) is 0 Å². The number of nitrogens with zero attached hydrogens (tertiary/aromatic N) is 1. The van der Waals surface area contributed by atoms with Gasteiger partial charge in [0.05, 0.1) is 5.02 Å². The van der Waals surface area contributed by atoms with Crippen LogP contribution in [0.15, 0.2) is 29.1 Å². The van der Waals surface area contributed by atoms with Crippen LogP contribution in [0.1, 0.15) is 5.56 Å². The van der Waals surface area contributed by atoms with Crippen LogP contribution in [0.3, 0.4) is 0 Å². The van der Waals surface area contributed by atoms with Gasteiger partial charge in [0.2, 0.25) is 5.43 Å². The molecule has 0 aliphatic carbocycles. The zero-order valence-corrected chi connectivity index (χ0v) is 6.30. The summed E-state index contributed by atoms with van der Waals surface area (Å²) in [6, 6.07) is 7.88. The third kappa shape index (κ3) is 1.57. The molecule has 11 heavy (non-hydrogen) atoms. The van der Waals surface area contributed by atoms with Crippen molar-refractivity contribution >= 4 is 11.6 Å². The Balaban J connectivity index is 3.58. The van der Waals surface area contributed by atoms with Crippen LogP contribution < -0.4 is 5.43 Å². The van der Waals surface area contributed by atoms with Crippen molar-refractivity contribution in [3.8, 4) is 6.07 Å². The van der Waals surface area contributed by atoms with Gasteiger partial charge in [0.15, 0.2) is 0 Å². The molecule has 1 rings (SSSR count). The van der Waals surface area contributed by atoms with E-state index in [2.05, 4.69) is 0 Å². The molecule has 3 heteroatoms. The molecule has 1 aromatic carbocycles. The molecule has 0 aromatic heterocycles. The molecule has 0 heterocycles. The van der Waals surface area contributed by atoms with E-state index in [4.69, 9.17) is 16.9 Å². The molecule has 0 N–H and O–H groups in total. The maximum atomic E-state index is 11.0. The molecule has 0 atom stereocenters. The van der Waals surface area contributed by atoms with E-state index in [-0.39, 0.29) is 10.6 Å². The number of halogens is 1. The van der Waals surface area contributed by atoms with Gasteiger partial charge in [0, 0.05) is 0 Å². The molecule has 0 spiro atoms. The second-order valence-electron chi connectivity index (χ2n) is 1.92. The van der Waals surface area contributed by atoms with Crippen LogP contribution in [0, 0.1) is 11.3 Å². The SMILES string of the molecule is N#Cc1ccccc(Cl)c1=O. The van der Waals surface area contributed by atoms with E-state index >= 15 is 0 Å². The summed E-state index contributed by atoms with van der Waals surface area (Å²) in [7, 11) is 0. The van der Waals surface area contributed by atoms with Crippen LogP contribution in [0.4, 0.5) is 0 Å². The molecule has 54 valence electrons. The van der Waals surface area contributed by atoms with Gasteiger partial charge in [0.25, 0.3) is 0 Å². The summed E-state index contributed by atoms with van der Waals surface area (Å²) in [5, 5.41) is 8.52. The zero-order valence-electron chi connectivity index (χ0n) is 5.54. The Kier molecular flexibility index (Phi) is 2.25. The summed E-state index contributed by atoms with van der Waals surface area (Å²) in [6.45, 7) is 0. The molecule has 0 bridgehead atoms. The van der Waals surface area contributed by atoms with Gasteiger partial charge in [-0.2, -0.15) is 5.26 Å². The van der Waals surface area contributed by atoms with Crippen LogP contribution in [0.2, 0.25) is 5.02 Å². The quantitative estimate of drug-likeness (QED) is 0.586. The Hall–Kier alpha value is -1.33. The van der Waals surface area contributed by atoms with Gasteiger partial charge in [-0.1, -0.05) is 23.7 Å². The summed E-state index contributed by atoms with van der Waals surface area (Å²) >= 11 is 5.51. The number of rotatable bonds is 0. The van der Waals surface area contributed by atoms with Crippen molar-refractivity contribution < 1.29 is 0 Å². The summed E-state index contributed by atoms with van der Waals surface area (Å²) in [5.41, 5.74) is -0.348. The number of hydrogen-bond donors (Lipinski definition) is 0. The Labute approximate surface area is 68.7 Å². The molecule has 0 fully saturated rings. The molecule has 1 aromatic rings. The predicted molar refractivity (Wildman–Crippen MR) is 42.4 cm³/mol. The maximum absolute atomic E-state index is 11.0. The average molecular weight is 166 g/mol.